The minimum absolute atomic E-state index is 0.0507. The first-order chi connectivity index (χ1) is 12.1. The van der Waals surface area contributed by atoms with E-state index in [4.69, 9.17) is 16.3 Å². The molecule has 138 valence electrons. The molecule has 6 heteroatoms. The summed E-state index contributed by atoms with van der Waals surface area (Å²) in [4.78, 5) is 15.2. The van der Waals surface area contributed by atoms with Crippen LogP contribution in [0.5, 0.6) is 0 Å². The van der Waals surface area contributed by atoms with Crippen LogP contribution < -0.4 is 10.9 Å². The maximum Gasteiger partial charge on any atom is 0.312 e. The fourth-order valence-electron chi connectivity index (χ4n) is 3.88. The Bertz CT molecular complexity index is 565. The second-order valence-electron chi connectivity index (χ2n) is 7.16. The summed E-state index contributed by atoms with van der Waals surface area (Å²) in [6.45, 7) is 6.24. The first kappa shape index (κ1) is 18.6. The van der Waals surface area contributed by atoms with Crippen LogP contribution in [0.2, 0.25) is 5.02 Å². The number of carbonyl (C=O) groups excluding carboxylic acids is 1. The van der Waals surface area contributed by atoms with Crippen molar-refractivity contribution in [2.75, 3.05) is 32.8 Å². The van der Waals surface area contributed by atoms with Crippen molar-refractivity contribution in [3.8, 4) is 0 Å². The number of esters is 1. The third-order valence-electron chi connectivity index (χ3n) is 5.38. The van der Waals surface area contributed by atoms with Crippen molar-refractivity contribution in [2.45, 2.75) is 38.6 Å². The fourth-order valence-corrected chi connectivity index (χ4v) is 4.00. The molecule has 1 unspecified atom stereocenters. The molecule has 3 rings (SSSR count). The highest BCUT2D eigenvalue weighted by Gasteiger charge is 2.43. The Morgan fingerprint density at radius 3 is 2.64 bits per heavy atom. The number of hydrazine groups is 1. The van der Waals surface area contributed by atoms with E-state index in [1.54, 1.807) is 0 Å². The molecule has 0 bridgehead atoms. The monoisotopic (exact) mass is 365 g/mol. The molecule has 1 atom stereocenters. The van der Waals surface area contributed by atoms with Gasteiger partial charge < -0.3 is 9.64 Å². The van der Waals surface area contributed by atoms with E-state index in [0.29, 0.717) is 12.6 Å². The molecule has 0 radical (unpaired) electrons. The highest BCUT2D eigenvalue weighted by atomic mass is 35.5. The number of ether oxygens (including phenoxy) is 1. The number of nitrogens with zero attached hydrogens (tertiary/aromatic N) is 1. The minimum atomic E-state index is -0.415. The zero-order valence-electron chi connectivity index (χ0n) is 14.9. The summed E-state index contributed by atoms with van der Waals surface area (Å²) in [5, 5.41) is 0.724. The number of nitrogens with one attached hydrogen (secondary N) is 2. The van der Waals surface area contributed by atoms with Gasteiger partial charge >= 0.3 is 5.97 Å². The normalized spacial score (nSPS) is 23.5. The van der Waals surface area contributed by atoms with Gasteiger partial charge in [-0.15, -0.1) is 0 Å². The lowest BCUT2D eigenvalue weighted by Crippen LogP contribution is -2.49. The lowest BCUT2D eigenvalue weighted by Gasteiger charge is -2.40. The number of benzene rings is 1. The summed E-state index contributed by atoms with van der Waals surface area (Å²) in [5.41, 5.74) is 7.24. The molecule has 0 saturated carbocycles. The van der Waals surface area contributed by atoms with Crippen molar-refractivity contribution < 1.29 is 9.53 Å². The Morgan fingerprint density at radius 2 is 2.04 bits per heavy atom. The van der Waals surface area contributed by atoms with Gasteiger partial charge in [-0.2, -0.15) is 0 Å². The molecule has 0 aliphatic carbocycles. The second kappa shape index (κ2) is 8.49. The van der Waals surface area contributed by atoms with E-state index >= 15 is 0 Å². The highest BCUT2D eigenvalue weighted by molar-refractivity contribution is 6.30. The lowest BCUT2D eigenvalue weighted by molar-refractivity contribution is -0.158. The topological polar surface area (TPSA) is 53.6 Å². The number of piperidine rings is 1. The van der Waals surface area contributed by atoms with E-state index in [1.807, 2.05) is 31.2 Å². The van der Waals surface area contributed by atoms with Crippen LogP contribution in [0.25, 0.3) is 0 Å². The van der Waals surface area contributed by atoms with E-state index in [2.05, 4.69) is 15.8 Å². The maximum absolute atomic E-state index is 12.8. The van der Waals surface area contributed by atoms with Crippen LogP contribution in [0, 0.1) is 5.41 Å². The molecule has 5 nitrogen and oxygen atoms in total. The third-order valence-corrected chi connectivity index (χ3v) is 5.63. The van der Waals surface area contributed by atoms with Crippen LogP contribution in [0.15, 0.2) is 24.3 Å². The van der Waals surface area contributed by atoms with Gasteiger partial charge in [0.1, 0.15) is 0 Å². The number of hydrogen-bond acceptors (Lipinski definition) is 5. The van der Waals surface area contributed by atoms with Gasteiger partial charge in [-0.25, -0.2) is 0 Å². The minimum Gasteiger partial charge on any atom is -0.466 e. The van der Waals surface area contributed by atoms with Crippen LogP contribution in [0.1, 0.15) is 31.7 Å². The molecule has 25 heavy (non-hydrogen) atoms. The van der Waals surface area contributed by atoms with Crippen molar-refractivity contribution in [1.82, 2.24) is 15.8 Å². The number of rotatable bonds is 6. The molecule has 2 saturated heterocycles. The Balaban J connectivity index is 1.66. The predicted octanol–water partition coefficient (Wildman–Crippen LogP) is 2.39. The maximum atomic E-state index is 12.8. The molecule has 0 spiro atoms. The van der Waals surface area contributed by atoms with E-state index in [-0.39, 0.29) is 5.97 Å². The quantitative estimate of drug-likeness (QED) is 0.758. The summed E-state index contributed by atoms with van der Waals surface area (Å²) < 4.78 is 5.44. The van der Waals surface area contributed by atoms with Crippen LogP contribution in [0.4, 0.5) is 0 Å². The second-order valence-corrected chi connectivity index (χ2v) is 7.60. The van der Waals surface area contributed by atoms with E-state index in [9.17, 15) is 4.79 Å². The smallest absolute Gasteiger partial charge is 0.312 e. The molecular weight excluding hydrogens is 338 g/mol. The molecule has 2 N–H and O–H groups in total. The molecule has 1 aromatic rings. The van der Waals surface area contributed by atoms with E-state index in [0.717, 1.165) is 62.4 Å². The summed E-state index contributed by atoms with van der Waals surface area (Å²) in [6, 6.07) is 8.33. The predicted molar refractivity (Wildman–Crippen MR) is 99.4 cm³/mol. The lowest BCUT2D eigenvalue weighted by atomic mass is 9.73. The van der Waals surface area contributed by atoms with Gasteiger partial charge in [-0.1, -0.05) is 23.7 Å². The average Bonchev–Trinajstić information content (AvgIpc) is 3.12. The molecular formula is C19H28ClN3O2. The first-order valence-corrected chi connectivity index (χ1v) is 9.61. The van der Waals surface area contributed by atoms with Crippen LogP contribution in [-0.4, -0.2) is 49.7 Å². The number of halogens is 1. The van der Waals surface area contributed by atoms with Crippen LogP contribution >= 0.6 is 11.6 Å². The molecule has 2 aliphatic heterocycles. The third kappa shape index (κ3) is 4.73. The fraction of sp³-hybridized carbons (Fsp3) is 0.632. The van der Waals surface area contributed by atoms with Crippen molar-refractivity contribution in [2.24, 2.45) is 5.41 Å². The van der Waals surface area contributed by atoms with Gasteiger partial charge in [0.05, 0.1) is 12.0 Å². The summed E-state index contributed by atoms with van der Waals surface area (Å²) in [5.74, 6) is -0.0507. The Kier molecular flexibility index (Phi) is 6.34. The van der Waals surface area contributed by atoms with E-state index in [1.165, 1.54) is 0 Å². The number of hydrogen-bond donors (Lipinski definition) is 2. The molecule has 2 heterocycles. The number of carbonyl (C=O) groups is 1. The van der Waals surface area contributed by atoms with Crippen LogP contribution in [-0.2, 0) is 16.0 Å². The first-order valence-electron chi connectivity index (χ1n) is 9.24. The van der Waals surface area contributed by atoms with E-state index < -0.39 is 5.41 Å². The molecule has 0 aromatic heterocycles. The van der Waals surface area contributed by atoms with Crippen molar-refractivity contribution in [3.63, 3.8) is 0 Å². The van der Waals surface area contributed by atoms with Crippen molar-refractivity contribution >= 4 is 17.6 Å². The summed E-state index contributed by atoms with van der Waals surface area (Å²) >= 11 is 5.99. The standard InChI is InChI=1S/C19H28ClN3O2/c1-2-25-18(24)19(13-15-3-5-16(20)6-4-15)8-11-23(12-9-19)14-17-7-10-21-22-17/h3-6,17,21-22H,2,7-14H2,1H3. The summed E-state index contributed by atoms with van der Waals surface area (Å²) in [6.07, 6.45) is 3.56. The molecule has 0 amide bonds. The Morgan fingerprint density at radius 1 is 1.32 bits per heavy atom. The highest BCUT2D eigenvalue weighted by Crippen LogP contribution is 2.37. The van der Waals surface area contributed by atoms with Gasteiger partial charge in [-0.3, -0.25) is 15.6 Å². The largest absolute Gasteiger partial charge is 0.466 e. The van der Waals surface area contributed by atoms with Gasteiger partial charge in [-0.05, 0) is 63.4 Å². The van der Waals surface area contributed by atoms with Crippen molar-refractivity contribution in [1.29, 1.82) is 0 Å². The van der Waals surface area contributed by atoms with Gasteiger partial charge in [0.15, 0.2) is 0 Å². The number of likely N-dealkylation sites (tertiary alicyclic amines) is 1. The van der Waals surface area contributed by atoms with Gasteiger partial charge in [0.25, 0.3) is 0 Å². The van der Waals surface area contributed by atoms with Gasteiger partial charge in [0.2, 0.25) is 0 Å². The average molecular weight is 366 g/mol. The van der Waals surface area contributed by atoms with Crippen LogP contribution in [0.3, 0.4) is 0 Å². The van der Waals surface area contributed by atoms with Crippen molar-refractivity contribution in [3.05, 3.63) is 34.9 Å². The molecule has 2 fully saturated rings. The SMILES string of the molecule is CCOC(=O)C1(Cc2ccc(Cl)cc2)CCN(CC2CCNN2)CC1. The Hall–Kier alpha value is -1.14. The zero-order chi connectivity index (χ0) is 17.7. The zero-order valence-corrected chi connectivity index (χ0v) is 15.6. The van der Waals surface area contributed by atoms with Gasteiger partial charge in [0, 0.05) is 24.2 Å². The Labute approximate surface area is 155 Å². The molecule has 2 aliphatic rings. The molecule has 1 aromatic carbocycles. The summed E-state index contributed by atoms with van der Waals surface area (Å²) in [7, 11) is 0.